The van der Waals surface area contributed by atoms with Crippen LogP contribution in [0, 0.1) is 5.92 Å². The van der Waals surface area contributed by atoms with Crippen LogP contribution in [0.3, 0.4) is 0 Å². The van der Waals surface area contributed by atoms with Gasteiger partial charge in [-0.2, -0.15) is 0 Å². The average Bonchev–Trinajstić information content (AvgIpc) is 3.22. The van der Waals surface area contributed by atoms with Gasteiger partial charge in [-0.1, -0.05) is 51.7 Å². The third-order valence-electron chi connectivity index (χ3n) is 4.54. The molecule has 116 valence electrons. The van der Waals surface area contributed by atoms with E-state index in [1.807, 2.05) is 0 Å². The number of unbranched alkanes of at least 4 members (excludes halogenated alkanes) is 5. The summed E-state index contributed by atoms with van der Waals surface area (Å²) in [6.07, 6.45) is 12.5. The molecular formula is C17H30O3. The second-order valence-corrected chi connectivity index (χ2v) is 6.26. The molecule has 1 spiro atoms. The van der Waals surface area contributed by atoms with Gasteiger partial charge >= 0.3 is 0 Å². The summed E-state index contributed by atoms with van der Waals surface area (Å²) in [5.74, 6) is 0.404. The lowest BCUT2D eigenvalue weighted by Crippen LogP contribution is -2.52. The Balaban J connectivity index is 1.75. The monoisotopic (exact) mass is 282 g/mol. The van der Waals surface area contributed by atoms with E-state index >= 15 is 0 Å². The summed E-state index contributed by atoms with van der Waals surface area (Å²) in [6.45, 7) is 5.95. The van der Waals surface area contributed by atoms with Crippen LogP contribution in [0.5, 0.6) is 0 Å². The van der Waals surface area contributed by atoms with Gasteiger partial charge in [-0.15, -0.1) is 0 Å². The normalized spacial score (nSPS) is 36.9. The number of hydrogen-bond acceptors (Lipinski definition) is 3. The smallest absolute Gasteiger partial charge is 0.147 e. The average molecular weight is 282 g/mol. The lowest BCUT2D eigenvalue weighted by molar-refractivity contribution is -0.131. The van der Waals surface area contributed by atoms with Gasteiger partial charge in [0.1, 0.15) is 11.7 Å². The van der Waals surface area contributed by atoms with Crippen LogP contribution >= 0.6 is 0 Å². The van der Waals surface area contributed by atoms with E-state index < -0.39 is 0 Å². The minimum Gasteiger partial charge on any atom is -0.378 e. The molecule has 0 aromatic heterocycles. The van der Waals surface area contributed by atoms with E-state index in [9.17, 15) is 0 Å². The Labute approximate surface area is 123 Å². The van der Waals surface area contributed by atoms with Crippen molar-refractivity contribution >= 4 is 0 Å². The highest BCUT2D eigenvalue weighted by Gasteiger charge is 2.61. The van der Waals surface area contributed by atoms with Crippen molar-refractivity contribution in [3.8, 4) is 0 Å². The Hall–Kier alpha value is -0.380. The van der Waals surface area contributed by atoms with E-state index in [-0.39, 0.29) is 17.8 Å². The highest BCUT2D eigenvalue weighted by atomic mass is 16.7. The molecule has 0 N–H and O–H groups in total. The molecule has 2 aliphatic rings. The predicted octanol–water partition coefficient (Wildman–Crippen LogP) is 3.72. The number of allylic oxidation sites excluding steroid dienone is 1. The van der Waals surface area contributed by atoms with Crippen LogP contribution in [0.4, 0.5) is 0 Å². The van der Waals surface area contributed by atoms with Crippen LogP contribution in [0.1, 0.15) is 52.4 Å². The van der Waals surface area contributed by atoms with Crippen molar-refractivity contribution in [2.45, 2.75) is 70.2 Å². The molecule has 0 aliphatic carbocycles. The lowest BCUT2D eigenvalue weighted by atomic mass is 9.85. The van der Waals surface area contributed by atoms with Crippen molar-refractivity contribution in [3.63, 3.8) is 0 Å². The van der Waals surface area contributed by atoms with Crippen LogP contribution in [0.15, 0.2) is 12.2 Å². The summed E-state index contributed by atoms with van der Waals surface area (Å²) in [4.78, 5) is 0. The molecule has 2 fully saturated rings. The SMILES string of the molecule is CCCCCCC/C=C/[C@@H]1OC[C@H](C)[C@@H](OC)[C@@]12CO2. The zero-order valence-corrected chi connectivity index (χ0v) is 13.3. The maximum atomic E-state index is 5.95. The van der Waals surface area contributed by atoms with Gasteiger partial charge in [-0.3, -0.25) is 0 Å². The van der Waals surface area contributed by atoms with E-state index in [1.54, 1.807) is 7.11 Å². The number of ether oxygens (including phenoxy) is 3. The molecule has 0 aromatic carbocycles. The van der Waals surface area contributed by atoms with Gasteiger partial charge < -0.3 is 14.2 Å². The maximum Gasteiger partial charge on any atom is 0.147 e. The third-order valence-corrected chi connectivity index (χ3v) is 4.54. The molecule has 0 radical (unpaired) electrons. The zero-order chi connectivity index (χ0) is 14.4. The Kier molecular flexibility index (Phi) is 6.06. The fourth-order valence-electron chi connectivity index (χ4n) is 3.28. The van der Waals surface area contributed by atoms with Gasteiger partial charge in [0.25, 0.3) is 0 Å². The molecule has 0 saturated carbocycles. The van der Waals surface area contributed by atoms with Crippen LogP contribution in [-0.4, -0.2) is 38.1 Å². The molecule has 0 aromatic rings. The van der Waals surface area contributed by atoms with Crippen molar-refractivity contribution in [2.75, 3.05) is 20.3 Å². The minimum absolute atomic E-state index is 0.0688. The summed E-state index contributed by atoms with van der Waals surface area (Å²) in [5.41, 5.74) is -0.203. The van der Waals surface area contributed by atoms with Crippen LogP contribution in [0.2, 0.25) is 0 Å². The maximum absolute atomic E-state index is 5.95. The van der Waals surface area contributed by atoms with Crippen LogP contribution in [-0.2, 0) is 14.2 Å². The first-order valence-corrected chi connectivity index (χ1v) is 8.19. The standard InChI is InChI=1S/C17H30O3/c1-4-5-6-7-8-9-10-11-15-17(13-20-17)16(18-3)14(2)12-19-15/h10-11,14-16H,4-9,12-13H2,1-3H3/b11-10+/t14-,15-,16+,17+/m0/s1. The molecule has 0 unspecified atom stereocenters. The highest BCUT2D eigenvalue weighted by molar-refractivity contribution is 5.15. The van der Waals surface area contributed by atoms with Crippen molar-refractivity contribution in [1.82, 2.24) is 0 Å². The van der Waals surface area contributed by atoms with E-state index in [0.29, 0.717) is 5.92 Å². The largest absolute Gasteiger partial charge is 0.378 e. The van der Waals surface area contributed by atoms with E-state index in [4.69, 9.17) is 14.2 Å². The van der Waals surface area contributed by atoms with Gasteiger partial charge in [0, 0.05) is 13.0 Å². The summed E-state index contributed by atoms with van der Waals surface area (Å²) >= 11 is 0. The Morgan fingerprint density at radius 1 is 1.25 bits per heavy atom. The molecule has 2 saturated heterocycles. The number of rotatable bonds is 8. The Morgan fingerprint density at radius 2 is 2.00 bits per heavy atom. The molecule has 0 amide bonds. The minimum atomic E-state index is -0.203. The van der Waals surface area contributed by atoms with Crippen molar-refractivity contribution in [1.29, 1.82) is 0 Å². The molecule has 2 rings (SSSR count). The van der Waals surface area contributed by atoms with Gasteiger partial charge in [-0.25, -0.2) is 0 Å². The predicted molar refractivity (Wildman–Crippen MR) is 80.9 cm³/mol. The molecule has 2 heterocycles. The van der Waals surface area contributed by atoms with Gasteiger partial charge in [0.2, 0.25) is 0 Å². The summed E-state index contributed by atoms with van der Waals surface area (Å²) in [6, 6.07) is 0. The first-order valence-electron chi connectivity index (χ1n) is 8.19. The number of hydrogen-bond donors (Lipinski definition) is 0. The van der Waals surface area contributed by atoms with Gasteiger partial charge in [0.05, 0.1) is 19.3 Å². The third kappa shape index (κ3) is 3.63. The number of methoxy groups -OCH3 is 1. The van der Waals surface area contributed by atoms with E-state index in [1.165, 1.54) is 32.1 Å². The van der Waals surface area contributed by atoms with Crippen molar-refractivity contribution in [3.05, 3.63) is 12.2 Å². The van der Waals surface area contributed by atoms with Gasteiger partial charge in [-0.05, 0) is 12.8 Å². The van der Waals surface area contributed by atoms with E-state index in [0.717, 1.165) is 19.6 Å². The molecular weight excluding hydrogens is 252 g/mol. The highest BCUT2D eigenvalue weighted by Crippen LogP contribution is 2.44. The topological polar surface area (TPSA) is 31.0 Å². The first-order chi connectivity index (χ1) is 9.74. The number of epoxide rings is 1. The zero-order valence-electron chi connectivity index (χ0n) is 13.3. The Bertz CT molecular complexity index is 309. The molecule has 3 heteroatoms. The fraction of sp³-hybridized carbons (Fsp3) is 0.882. The molecule has 3 nitrogen and oxygen atoms in total. The molecule has 4 atom stereocenters. The van der Waals surface area contributed by atoms with Crippen LogP contribution in [0.25, 0.3) is 0 Å². The molecule has 20 heavy (non-hydrogen) atoms. The van der Waals surface area contributed by atoms with Crippen molar-refractivity contribution in [2.24, 2.45) is 5.92 Å². The fourth-order valence-corrected chi connectivity index (χ4v) is 3.28. The molecule has 2 aliphatic heterocycles. The quantitative estimate of drug-likeness (QED) is 0.386. The van der Waals surface area contributed by atoms with E-state index in [2.05, 4.69) is 26.0 Å². The lowest BCUT2D eigenvalue weighted by Gasteiger charge is -2.38. The van der Waals surface area contributed by atoms with Gasteiger partial charge in [0.15, 0.2) is 0 Å². The van der Waals surface area contributed by atoms with Crippen molar-refractivity contribution < 1.29 is 14.2 Å². The summed E-state index contributed by atoms with van der Waals surface area (Å²) in [7, 11) is 1.78. The summed E-state index contributed by atoms with van der Waals surface area (Å²) < 4.78 is 17.3. The molecule has 0 bridgehead atoms. The second-order valence-electron chi connectivity index (χ2n) is 6.26. The Morgan fingerprint density at radius 3 is 2.65 bits per heavy atom. The second kappa shape index (κ2) is 7.58. The summed E-state index contributed by atoms with van der Waals surface area (Å²) in [5, 5.41) is 0. The van der Waals surface area contributed by atoms with Crippen LogP contribution < -0.4 is 0 Å². The first kappa shape index (κ1) is 16.0.